The second kappa shape index (κ2) is 9.98. The highest BCUT2D eigenvalue weighted by atomic mass is 15.3. The summed E-state index contributed by atoms with van der Waals surface area (Å²) in [6.07, 6.45) is 19.5. The monoisotopic (exact) mass is 277 g/mol. The molecule has 1 aliphatic rings. The minimum atomic E-state index is 0.727. The Morgan fingerprint density at radius 3 is 2.05 bits per heavy atom. The first-order valence-electron chi connectivity index (χ1n) is 8.66. The van der Waals surface area contributed by atoms with Crippen molar-refractivity contribution in [2.45, 2.75) is 83.2 Å². The molecule has 1 aromatic rings. The third-order valence-electron chi connectivity index (χ3n) is 4.44. The molecule has 20 heavy (non-hydrogen) atoms. The second-order valence-electron chi connectivity index (χ2n) is 6.18. The molecule has 1 aliphatic carbocycles. The fourth-order valence-electron chi connectivity index (χ4n) is 3.18. The van der Waals surface area contributed by atoms with Gasteiger partial charge in [0, 0.05) is 25.0 Å². The first kappa shape index (κ1) is 15.6. The molecular formula is C17H31N3. The molecule has 1 fully saturated rings. The van der Waals surface area contributed by atoms with E-state index in [2.05, 4.69) is 10.4 Å². The van der Waals surface area contributed by atoms with Crippen molar-refractivity contribution in [1.29, 1.82) is 0 Å². The zero-order chi connectivity index (χ0) is 13.9. The van der Waals surface area contributed by atoms with Crippen molar-refractivity contribution in [3.05, 3.63) is 18.5 Å². The van der Waals surface area contributed by atoms with Crippen molar-refractivity contribution < 1.29 is 0 Å². The summed E-state index contributed by atoms with van der Waals surface area (Å²) in [5.74, 6) is 0. The minimum Gasteiger partial charge on any atom is -0.312 e. The molecule has 0 aliphatic heterocycles. The molecule has 0 saturated heterocycles. The van der Waals surface area contributed by atoms with Crippen LogP contribution in [0.2, 0.25) is 0 Å². The molecular weight excluding hydrogens is 246 g/mol. The van der Waals surface area contributed by atoms with Gasteiger partial charge in [0.05, 0.1) is 6.54 Å². The zero-order valence-corrected chi connectivity index (χ0v) is 12.9. The van der Waals surface area contributed by atoms with E-state index < -0.39 is 0 Å². The Morgan fingerprint density at radius 2 is 1.50 bits per heavy atom. The Balaban J connectivity index is 1.65. The summed E-state index contributed by atoms with van der Waals surface area (Å²) in [7, 11) is 0. The standard InChI is InChI=1S/C17H31N3/c1-2-4-6-8-11-17(12-9-7-5-3-1)18-14-16-20-15-10-13-19-20/h10,13,15,17-18H,1-9,11-12,14,16H2. The third kappa shape index (κ3) is 6.56. The van der Waals surface area contributed by atoms with Crippen molar-refractivity contribution in [1.82, 2.24) is 15.1 Å². The quantitative estimate of drug-likeness (QED) is 0.896. The Hall–Kier alpha value is -0.830. The smallest absolute Gasteiger partial charge is 0.0534 e. The van der Waals surface area contributed by atoms with Gasteiger partial charge in [-0.25, -0.2) is 0 Å². The average Bonchev–Trinajstić information content (AvgIpc) is 2.94. The molecule has 114 valence electrons. The number of rotatable bonds is 4. The molecule has 0 unspecified atom stereocenters. The van der Waals surface area contributed by atoms with Crippen LogP contribution in [0, 0.1) is 0 Å². The van der Waals surface area contributed by atoms with Crippen molar-refractivity contribution in [3.8, 4) is 0 Å². The van der Waals surface area contributed by atoms with E-state index in [1.54, 1.807) is 0 Å². The van der Waals surface area contributed by atoms with Gasteiger partial charge in [-0.2, -0.15) is 5.10 Å². The normalized spacial score (nSPS) is 20.2. The van der Waals surface area contributed by atoms with Crippen LogP contribution in [0.4, 0.5) is 0 Å². The molecule has 0 bridgehead atoms. The molecule has 0 atom stereocenters. The molecule has 0 amide bonds. The molecule has 0 aromatic carbocycles. The molecule has 1 aromatic heterocycles. The van der Waals surface area contributed by atoms with Crippen LogP contribution in [0.15, 0.2) is 18.5 Å². The van der Waals surface area contributed by atoms with Crippen LogP contribution >= 0.6 is 0 Å². The van der Waals surface area contributed by atoms with Gasteiger partial charge in [0.15, 0.2) is 0 Å². The van der Waals surface area contributed by atoms with Gasteiger partial charge < -0.3 is 5.32 Å². The van der Waals surface area contributed by atoms with Crippen LogP contribution in [0.1, 0.15) is 70.6 Å². The summed E-state index contributed by atoms with van der Waals surface area (Å²) in [5, 5.41) is 8.01. The first-order valence-corrected chi connectivity index (χ1v) is 8.66. The Morgan fingerprint density at radius 1 is 0.900 bits per heavy atom. The topological polar surface area (TPSA) is 29.9 Å². The predicted molar refractivity (Wildman–Crippen MR) is 84.8 cm³/mol. The highest BCUT2D eigenvalue weighted by molar-refractivity contribution is 4.78. The van der Waals surface area contributed by atoms with Gasteiger partial charge in [0.1, 0.15) is 0 Å². The van der Waals surface area contributed by atoms with Gasteiger partial charge in [-0.1, -0.05) is 57.8 Å². The maximum Gasteiger partial charge on any atom is 0.0534 e. The summed E-state index contributed by atoms with van der Waals surface area (Å²) in [4.78, 5) is 0. The van der Waals surface area contributed by atoms with Crippen LogP contribution in [-0.2, 0) is 6.54 Å². The lowest BCUT2D eigenvalue weighted by Gasteiger charge is -2.19. The molecule has 3 nitrogen and oxygen atoms in total. The minimum absolute atomic E-state index is 0.727. The van der Waals surface area contributed by atoms with Crippen LogP contribution in [-0.4, -0.2) is 22.4 Å². The van der Waals surface area contributed by atoms with Gasteiger partial charge in [-0.05, 0) is 18.9 Å². The number of hydrogen-bond acceptors (Lipinski definition) is 2. The van der Waals surface area contributed by atoms with E-state index in [1.807, 2.05) is 23.1 Å². The highest BCUT2D eigenvalue weighted by Crippen LogP contribution is 2.16. The molecule has 1 N–H and O–H groups in total. The van der Waals surface area contributed by atoms with Gasteiger partial charge in [-0.15, -0.1) is 0 Å². The van der Waals surface area contributed by atoms with E-state index in [0.29, 0.717) is 0 Å². The van der Waals surface area contributed by atoms with Crippen molar-refractivity contribution >= 4 is 0 Å². The van der Waals surface area contributed by atoms with E-state index in [4.69, 9.17) is 0 Å². The molecule has 3 heteroatoms. The summed E-state index contributed by atoms with van der Waals surface area (Å²) >= 11 is 0. The summed E-state index contributed by atoms with van der Waals surface area (Å²) in [6, 6.07) is 2.72. The van der Waals surface area contributed by atoms with Crippen molar-refractivity contribution in [2.24, 2.45) is 0 Å². The van der Waals surface area contributed by atoms with Crippen LogP contribution in [0.25, 0.3) is 0 Å². The van der Waals surface area contributed by atoms with Crippen LogP contribution in [0.5, 0.6) is 0 Å². The number of hydrogen-bond donors (Lipinski definition) is 1. The molecule has 0 spiro atoms. The lowest BCUT2D eigenvalue weighted by Crippen LogP contribution is -2.32. The second-order valence-corrected chi connectivity index (χ2v) is 6.18. The maximum absolute atomic E-state index is 4.26. The third-order valence-corrected chi connectivity index (χ3v) is 4.44. The highest BCUT2D eigenvalue weighted by Gasteiger charge is 2.08. The molecule has 0 radical (unpaired) electrons. The van der Waals surface area contributed by atoms with Crippen molar-refractivity contribution in [3.63, 3.8) is 0 Å². The molecule has 1 saturated carbocycles. The van der Waals surface area contributed by atoms with Gasteiger partial charge >= 0.3 is 0 Å². The lowest BCUT2D eigenvalue weighted by atomic mass is 9.98. The zero-order valence-electron chi connectivity index (χ0n) is 12.9. The fourth-order valence-corrected chi connectivity index (χ4v) is 3.18. The molecule has 2 rings (SSSR count). The van der Waals surface area contributed by atoms with Gasteiger partial charge in [0.2, 0.25) is 0 Å². The van der Waals surface area contributed by atoms with Gasteiger partial charge in [0.25, 0.3) is 0 Å². The van der Waals surface area contributed by atoms with E-state index in [1.165, 1.54) is 70.6 Å². The number of aromatic nitrogens is 2. The van der Waals surface area contributed by atoms with E-state index in [0.717, 1.165) is 19.1 Å². The van der Waals surface area contributed by atoms with E-state index >= 15 is 0 Å². The van der Waals surface area contributed by atoms with Gasteiger partial charge in [-0.3, -0.25) is 4.68 Å². The van der Waals surface area contributed by atoms with Crippen molar-refractivity contribution in [2.75, 3.05) is 6.54 Å². The summed E-state index contributed by atoms with van der Waals surface area (Å²) in [6.45, 7) is 2.04. The lowest BCUT2D eigenvalue weighted by molar-refractivity contribution is 0.393. The summed E-state index contributed by atoms with van der Waals surface area (Å²) < 4.78 is 2.02. The predicted octanol–water partition coefficient (Wildman–Crippen LogP) is 4.15. The number of nitrogens with zero attached hydrogens (tertiary/aromatic N) is 2. The maximum atomic E-state index is 4.26. The van der Waals surface area contributed by atoms with Crippen LogP contribution < -0.4 is 5.32 Å². The average molecular weight is 277 g/mol. The number of nitrogens with one attached hydrogen (secondary N) is 1. The van der Waals surface area contributed by atoms with E-state index in [-0.39, 0.29) is 0 Å². The first-order chi connectivity index (χ1) is 9.95. The Labute approximate surface area is 124 Å². The van der Waals surface area contributed by atoms with E-state index in [9.17, 15) is 0 Å². The van der Waals surface area contributed by atoms with Crippen LogP contribution in [0.3, 0.4) is 0 Å². The Bertz CT molecular complexity index is 309. The SMILES string of the molecule is c1cnn(CCNC2CCCCCCCCCCC2)c1. The Kier molecular flexibility index (Phi) is 7.76. The fraction of sp³-hybridized carbons (Fsp3) is 0.824. The molecule has 1 heterocycles. The summed E-state index contributed by atoms with van der Waals surface area (Å²) in [5.41, 5.74) is 0. The largest absolute Gasteiger partial charge is 0.312 e.